The lowest BCUT2D eigenvalue weighted by molar-refractivity contribution is -0.110. The number of carbonyl (C=O) groups excluding carboxylic acids is 2. The van der Waals surface area contributed by atoms with Crippen LogP contribution in [0.2, 0.25) is 0 Å². The minimum atomic E-state index is -0.234. The number of hydrogen-bond acceptors (Lipinski definition) is 3. The van der Waals surface area contributed by atoms with Crippen molar-refractivity contribution < 1.29 is 9.59 Å². The number of aryl methyl sites for hydroxylation is 2. The summed E-state index contributed by atoms with van der Waals surface area (Å²) in [5.41, 5.74) is 5.87. The maximum absolute atomic E-state index is 12.4. The Kier molecular flexibility index (Phi) is 5.03. The average molecular weight is 448 g/mol. The number of anilines is 2. The number of nitrogens with zero attached hydrogens (tertiary/aromatic N) is 1. The highest BCUT2D eigenvalue weighted by atomic mass is 79.9. The lowest BCUT2D eigenvalue weighted by atomic mass is 10.1. The molecule has 1 aliphatic heterocycles. The minimum Gasteiger partial charge on any atom is -0.322 e. The number of benzene rings is 3. The third kappa shape index (κ3) is 3.98. The van der Waals surface area contributed by atoms with Crippen molar-refractivity contribution >= 4 is 50.5 Å². The zero-order chi connectivity index (χ0) is 20.5. The molecule has 0 aliphatic carbocycles. The van der Waals surface area contributed by atoms with Gasteiger partial charge in [-0.05, 0) is 67.9 Å². The molecule has 1 aliphatic rings. The summed E-state index contributed by atoms with van der Waals surface area (Å²) in [5, 5.41) is 5.74. The van der Waals surface area contributed by atoms with E-state index in [4.69, 9.17) is 0 Å². The number of amides is 2. The molecule has 29 heavy (non-hydrogen) atoms. The van der Waals surface area contributed by atoms with E-state index in [1.807, 2.05) is 50.2 Å². The summed E-state index contributed by atoms with van der Waals surface area (Å²) in [6.45, 7) is 3.93. The van der Waals surface area contributed by atoms with Gasteiger partial charge in [-0.15, -0.1) is 0 Å². The number of halogens is 1. The van der Waals surface area contributed by atoms with E-state index in [9.17, 15) is 9.59 Å². The molecule has 0 radical (unpaired) electrons. The molecule has 1 heterocycles. The molecule has 0 saturated carbocycles. The zero-order valence-corrected chi connectivity index (χ0v) is 17.5. The third-order valence-electron chi connectivity index (χ3n) is 4.69. The van der Waals surface area contributed by atoms with Gasteiger partial charge in [0.2, 0.25) is 0 Å². The topological polar surface area (TPSA) is 70.6 Å². The molecule has 5 nitrogen and oxygen atoms in total. The molecule has 0 atom stereocenters. The van der Waals surface area contributed by atoms with Gasteiger partial charge in [0.15, 0.2) is 0 Å². The fourth-order valence-corrected chi connectivity index (χ4v) is 3.73. The summed E-state index contributed by atoms with van der Waals surface area (Å²) in [6.07, 6.45) is 0. The lowest BCUT2D eigenvalue weighted by Crippen LogP contribution is -2.14. The number of hydrogen-bond donors (Lipinski definition) is 2. The van der Waals surface area contributed by atoms with E-state index in [0.717, 1.165) is 32.5 Å². The molecule has 0 saturated heterocycles. The first-order chi connectivity index (χ1) is 13.9. The highest BCUT2D eigenvalue weighted by Gasteiger charge is 2.27. The SMILES string of the molecule is Cc1ccc(NC(=O)c2ccc(N=C3C(=O)Nc4c(C)cc(Br)cc43)cc2)cc1. The molecule has 0 bridgehead atoms. The molecule has 0 unspecified atom stereocenters. The van der Waals surface area contributed by atoms with Crippen LogP contribution in [0.3, 0.4) is 0 Å². The Morgan fingerprint density at radius 3 is 2.38 bits per heavy atom. The highest BCUT2D eigenvalue weighted by Crippen LogP contribution is 2.32. The monoisotopic (exact) mass is 447 g/mol. The molecule has 144 valence electrons. The van der Waals surface area contributed by atoms with E-state index in [0.29, 0.717) is 17.0 Å². The summed E-state index contributed by atoms with van der Waals surface area (Å²) in [6, 6.07) is 18.3. The molecule has 0 fully saturated rings. The van der Waals surface area contributed by atoms with E-state index in [-0.39, 0.29) is 11.8 Å². The fourth-order valence-electron chi connectivity index (χ4n) is 3.16. The molecular weight excluding hydrogens is 430 g/mol. The van der Waals surface area contributed by atoms with E-state index in [1.165, 1.54) is 0 Å². The number of nitrogens with one attached hydrogen (secondary N) is 2. The predicted octanol–water partition coefficient (Wildman–Crippen LogP) is 5.39. The van der Waals surface area contributed by atoms with Crippen LogP contribution in [0.4, 0.5) is 17.1 Å². The number of rotatable bonds is 3. The number of fused-ring (bicyclic) bond motifs is 1. The first kappa shape index (κ1) is 19.1. The highest BCUT2D eigenvalue weighted by molar-refractivity contribution is 9.10. The van der Waals surface area contributed by atoms with Crippen molar-refractivity contribution in [2.24, 2.45) is 4.99 Å². The van der Waals surface area contributed by atoms with Gasteiger partial charge in [-0.1, -0.05) is 33.6 Å². The number of aliphatic imine (C=N–C) groups is 1. The zero-order valence-electron chi connectivity index (χ0n) is 15.9. The average Bonchev–Trinajstić information content (AvgIpc) is 3.00. The van der Waals surface area contributed by atoms with Crippen LogP contribution in [-0.2, 0) is 4.79 Å². The van der Waals surface area contributed by atoms with E-state index >= 15 is 0 Å². The van der Waals surface area contributed by atoms with E-state index in [1.54, 1.807) is 24.3 Å². The van der Waals surface area contributed by atoms with Crippen molar-refractivity contribution in [3.8, 4) is 0 Å². The molecule has 6 heteroatoms. The molecule has 2 N–H and O–H groups in total. The van der Waals surface area contributed by atoms with Gasteiger partial charge in [0.05, 0.1) is 11.4 Å². The maximum atomic E-state index is 12.4. The van der Waals surface area contributed by atoms with Gasteiger partial charge >= 0.3 is 0 Å². The normalized spacial score (nSPS) is 13.9. The van der Waals surface area contributed by atoms with E-state index in [2.05, 4.69) is 31.6 Å². The minimum absolute atomic E-state index is 0.198. The second-order valence-corrected chi connectivity index (χ2v) is 7.84. The molecule has 3 aromatic carbocycles. The summed E-state index contributed by atoms with van der Waals surface area (Å²) in [4.78, 5) is 29.3. The Morgan fingerprint density at radius 1 is 1.00 bits per heavy atom. The standard InChI is InChI=1S/C23H18BrN3O2/c1-13-3-7-18(8-4-13)26-22(28)15-5-9-17(10-6-15)25-21-19-12-16(24)11-14(2)20(19)27-23(21)29/h3-12H,1-2H3,(H,26,28)(H,25,27,29). The lowest BCUT2D eigenvalue weighted by Gasteiger charge is -2.06. The summed E-state index contributed by atoms with van der Waals surface area (Å²) >= 11 is 3.47. The van der Waals surface area contributed by atoms with Gasteiger partial charge in [0.25, 0.3) is 11.8 Å². The largest absolute Gasteiger partial charge is 0.322 e. The van der Waals surface area contributed by atoms with Crippen LogP contribution in [-0.4, -0.2) is 17.5 Å². The second-order valence-electron chi connectivity index (χ2n) is 6.93. The molecule has 3 aromatic rings. The van der Waals surface area contributed by atoms with Gasteiger partial charge in [-0.25, -0.2) is 4.99 Å². The molecule has 4 rings (SSSR count). The third-order valence-corrected chi connectivity index (χ3v) is 5.15. The van der Waals surface area contributed by atoms with Crippen LogP contribution in [0.1, 0.15) is 27.0 Å². The van der Waals surface area contributed by atoms with Gasteiger partial charge in [0, 0.05) is 21.3 Å². The molecule has 0 spiro atoms. The molecule has 2 amide bonds. The van der Waals surface area contributed by atoms with Crippen molar-refractivity contribution in [3.05, 3.63) is 87.4 Å². The summed E-state index contributed by atoms with van der Waals surface area (Å²) in [5.74, 6) is -0.432. The Balaban J connectivity index is 1.57. The van der Waals surface area contributed by atoms with Gasteiger partial charge in [0.1, 0.15) is 5.71 Å². The maximum Gasteiger partial charge on any atom is 0.275 e. The van der Waals surface area contributed by atoms with Crippen molar-refractivity contribution in [1.82, 2.24) is 0 Å². The Bertz CT molecular complexity index is 1150. The first-order valence-electron chi connectivity index (χ1n) is 9.09. The smallest absolute Gasteiger partial charge is 0.275 e. The molecule has 0 aromatic heterocycles. The predicted molar refractivity (Wildman–Crippen MR) is 119 cm³/mol. The van der Waals surface area contributed by atoms with Crippen LogP contribution in [0.25, 0.3) is 0 Å². The van der Waals surface area contributed by atoms with Crippen LogP contribution in [0, 0.1) is 13.8 Å². The fraction of sp³-hybridized carbons (Fsp3) is 0.0870. The van der Waals surface area contributed by atoms with Crippen molar-refractivity contribution in [2.75, 3.05) is 10.6 Å². The summed E-state index contributed by atoms with van der Waals surface area (Å²) in [7, 11) is 0. The Morgan fingerprint density at radius 2 is 1.69 bits per heavy atom. The van der Waals surface area contributed by atoms with E-state index < -0.39 is 0 Å². The quantitative estimate of drug-likeness (QED) is 0.564. The van der Waals surface area contributed by atoms with Crippen molar-refractivity contribution in [3.63, 3.8) is 0 Å². The van der Waals surface area contributed by atoms with Gasteiger partial charge < -0.3 is 10.6 Å². The van der Waals surface area contributed by atoms with Crippen LogP contribution >= 0.6 is 15.9 Å². The van der Waals surface area contributed by atoms with Crippen molar-refractivity contribution in [2.45, 2.75) is 13.8 Å². The van der Waals surface area contributed by atoms with Gasteiger partial charge in [-0.3, -0.25) is 9.59 Å². The second kappa shape index (κ2) is 7.64. The summed E-state index contributed by atoms with van der Waals surface area (Å²) < 4.78 is 0.890. The number of carbonyl (C=O) groups is 2. The van der Waals surface area contributed by atoms with Crippen molar-refractivity contribution in [1.29, 1.82) is 0 Å². The van der Waals surface area contributed by atoms with Crippen LogP contribution in [0.15, 0.2) is 70.1 Å². The Labute approximate surface area is 177 Å². The van der Waals surface area contributed by atoms with Crippen LogP contribution < -0.4 is 10.6 Å². The molecular formula is C23H18BrN3O2. The Hall–Kier alpha value is -3.25. The first-order valence-corrected chi connectivity index (χ1v) is 9.88. The van der Waals surface area contributed by atoms with Crippen LogP contribution in [0.5, 0.6) is 0 Å². The van der Waals surface area contributed by atoms with Gasteiger partial charge in [-0.2, -0.15) is 0 Å².